The number of piperazine rings is 1. The van der Waals surface area contributed by atoms with Crippen molar-refractivity contribution in [3.05, 3.63) is 50.7 Å². The maximum absolute atomic E-state index is 13.0. The summed E-state index contributed by atoms with van der Waals surface area (Å²) in [6, 6.07) is 6.79. The average Bonchev–Trinajstić information content (AvgIpc) is 3.16. The standard InChI is InChI=1S/C19H20N6O5/c1-21-15-14(16(27)22(2)18(21)28)25(13-6-4-3-5-12(13)11-26)17(20-15)23-7-9-24(10-8-23)19(29)30/h3-6,11H,7-10H2,1-2H3,(H,29,30). The molecule has 0 unspecified atom stereocenters. The van der Waals surface area contributed by atoms with Crippen molar-refractivity contribution in [2.45, 2.75) is 0 Å². The van der Waals surface area contributed by atoms with E-state index in [1.165, 1.54) is 23.6 Å². The Morgan fingerprint density at radius 2 is 1.73 bits per heavy atom. The molecule has 3 aromatic rings. The zero-order valence-electron chi connectivity index (χ0n) is 16.5. The third-order valence-corrected chi connectivity index (χ3v) is 5.38. The summed E-state index contributed by atoms with van der Waals surface area (Å²) >= 11 is 0. The smallest absolute Gasteiger partial charge is 0.407 e. The van der Waals surface area contributed by atoms with Crippen molar-refractivity contribution in [2.75, 3.05) is 31.1 Å². The number of imidazole rings is 1. The monoisotopic (exact) mass is 412 g/mol. The highest BCUT2D eigenvalue weighted by Gasteiger charge is 2.28. The van der Waals surface area contributed by atoms with Crippen LogP contribution in [-0.4, -0.2) is 67.3 Å². The maximum atomic E-state index is 13.0. The van der Waals surface area contributed by atoms with Gasteiger partial charge in [0.15, 0.2) is 17.5 Å². The van der Waals surface area contributed by atoms with Gasteiger partial charge in [0.2, 0.25) is 5.95 Å². The fourth-order valence-corrected chi connectivity index (χ4v) is 3.71. The number of aldehydes is 1. The van der Waals surface area contributed by atoms with E-state index in [0.717, 1.165) is 4.57 Å². The predicted molar refractivity (Wildman–Crippen MR) is 109 cm³/mol. The van der Waals surface area contributed by atoms with Gasteiger partial charge in [0.05, 0.1) is 5.69 Å². The first kappa shape index (κ1) is 19.4. The van der Waals surface area contributed by atoms with Crippen molar-refractivity contribution < 1.29 is 14.7 Å². The van der Waals surface area contributed by atoms with Crippen LogP contribution in [-0.2, 0) is 14.1 Å². The molecule has 156 valence electrons. The lowest BCUT2D eigenvalue weighted by atomic mass is 10.2. The number of fused-ring (bicyclic) bond motifs is 1. The van der Waals surface area contributed by atoms with E-state index in [2.05, 4.69) is 4.98 Å². The molecule has 2 aromatic heterocycles. The molecule has 1 saturated heterocycles. The van der Waals surface area contributed by atoms with Crippen LogP contribution in [0, 0.1) is 0 Å². The van der Waals surface area contributed by atoms with Gasteiger partial charge < -0.3 is 14.9 Å². The molecule has 11 heteroatoms. The van der Waals surface area contributed by atoms with Crippen LogP contribution in [0.5, 0.6) is 0 Å². The van der Waals surface area contributed by atoms with Crippen LogP contribution in [0.4, 0.5) is 10.7 Å². The van der Waals surface area contributed by atoms with Crippen molar-refractivity contribution in [3.63, 3.8) is 0 Å². The van der Waals surface area contributed by atoms with Crippen LogP contribution >= 0.6 is 0 Å². The Balaban J connectivity index is 2.01. The van der Waals surface area contributed by atoms with Gasteiger partial charge in [-0.2, -0.15) is 4.98 Å². The summed E-state index contributed by atoms with van der Waals surface area (Å²) in [5.41, 5.74) is 0.142. The molecule has 0 radical (unpaired) electrons. The second kappa shape index (κ2) is 7.17. The van der Waals surface area contributed by atoms with Crippen LogP contribution < -0.4 is 16.1 Å². The summed E-state index contributed by atoms with van der Waals surface area (Å²) in [5.74, 6) is 0.377. The van der Waals surface area contributed by atoms with Gasteiger partial charge in [0, 0.05) is 45.8 Å². The quantitative estimate of drug-likeness (QED) is 0.603. The largest absolute Gasteiger partial charge is 0.465 e. The first-order valence-electron chi connectivity index (χ1n) is 9.31. The third kappa shape index (κ3) is 2.86. The number of amides is 1. The number of hydrogen-bond donors (Lipinski definition) is 1. The summed E-state index contributed by atoms with van der Waals surface area (Å²) in [5, 5.41) is 9.21. The second-order valence-corrected chi connectivity index (χ2v) is 7.06. The number of aromatic nitrogens is 4. The zero-order valence-corrected chi connectivity index (χ0v) is 16.5. The molecular formula is C19H20N6O5. The molecule has 11 nitrogen and oxygen atoms in total. The number of rotatable bonds is 3. The highest BCUT2D eigenvalue weighted by atomic mass is 16.4. The summed E-state index contributed by atoms with van der Waals surface area (Å²) in [7, 11) is 2.91. The molecule has 0 spiro atoms. The minimum absolute atomic E-state index is 0.171. The molecule has 0 bridgehead atoms. The third-order valence-electron chi connectivity index (χ3n) is 5.38. The van der Waals surface area contributed by atoms with Crippen molar-refractivity contribution in [3.8, 4) is 5.69 Å². The first-order chi connectivity index (χ1) is 14.3. The number of hydrogen-bond acceptors (Lipinski definition) is 6. The van der Waals surface area contributed by atoms with E-state index in [4.69, 9.17) is 0 Å². The minimum atomic E-state index is -0.995. The molecule has 4 rings (SSSR count). The lowest BCUT2D eigenvalue weighted by Crippen LogP contribution is -2.49. The van der Waals surface area contributed by atoms with Crippen LogP contribution in [0.3, 0.4) is 0 Å². The van der Waals surface area contributed by atoms with E-state index in [-0.39, 0.29) is 24.3 Å². The van der Waals surface area contributed by atoms with Crippen molar-refractivity contribution in [1.82, 2.24) is 23.6 Å². The SMILES string of the molecule is Cn1c(=O)c2c(nc(N3CCN(C(=O)O)CC3)n2-c2ccccc2C=O)n(C)c1=O. The molecule has 1 N–H and O–H groups in total. The van der Waals surface area contributed by atoms with Gasteiger partial charge in [0.1, 0.15) is 0 Å². The number of carbonyl (C=O) groups excluding carboxylic acids is 1. The molecule has 1 aliphatic heterocycles. The first-order valence-corrected chi connectivity index (χ1v) is 9.31. The Bertz CT molecular complexity index is 1280. The van der Waals surface area contributed by atoms with Gasteiger partial charge in [-0.25, -0.2) is 9.59 Å². The van der Waals surface area contributed by atoms with Gasteiger partial charge in [-0.1, -0.05) is 12.1 Å². The molecule has 1 fully saturated rings. The molecule has 0 saturated carbocycles. The molecule has 1 amide bonds. The summed E-state index contributed by atoms with van der Waals surface area (Å²) < 4.78 is 3.86. The van der Waals surface area contributed by atoms with Crippen LogP contribution in [0.15, 0.2) is 33.9 Å². The van der Waals surface area contributed by atoms with E-state index in [1.807, 2.05) is 4.90 Å². The second-order valence-electron chi connectivity index (χ2n) is 7.06. The van der Waals surface area contributed by atoms with Gasteiger partial charge in [-0.15, -0.1) is 0 Å². The number of benzene rings is 1. The van der Waals surface area contributed by atoms with E-state index in [9.17, 15) is 24.3 Å². The highest BCUT2D eigenvalue weighted by molar-refractivity contribution is 5.85. The number of nitrogens with zero attached hydrogens (tertiary/aromatic N) is 6. The molecule has 0 atom stereocenters. The summed E-state index contributed by atoms with van der Waals surface area (Å²) in [4.78, 5) is 56.1. The molecular weight excluding hydrogens is 392 g/mol. The predicted octanol–water partition coefficient (Wildman–Crippen LogP) is 0.0354. The Morgan fingerprint density at radius 1 is 1.07 bits per heavy atom. The van der Waals surface area contributed by atoms with Gasteiger partial charge >= 0.3 is 11.8 Å². The van der Waals surface area contributed by atoms with E-state index >= 15 is 0 Å². The van der Waals surface area contributed by atoms with Crippen LogP contribution in [0.1, 0.15) is 10.4 Å². The summed E-state index contributed by atoms with van der Waals surface area (Å²) in [6.45, 7) is 1.25. The molecule has 1 aliphatic rings. The lowest BCUT2D eigenvalue weighted by Gasteiger charge is -2.34. The van der Waals surface area contributed by atoms with E-state index in [1.54, 1.807) is 28.8 Å². The van der Waals surface area contributed by atoms with Gasteiger partial charge in [-0.05, 0) is 12.1 Å². The number of aryl methyl sites for hydroxylation is 1. The Labute approximate surface area is 170 Å². The average molecular weight is 412 g/mol. The zero-order chi connectivity index (χ0) is 21.6. The van der Waals surface area contributed by atoms with E-state index < -0.39 is 17.3 Å². The van der Waals surface area contributed by atoms with Crippen molar-refractivity contribution >= 4 is 29.5 Å². The minimum Gasteiger partial charge on any atom is -0.465 e. The molecule has 30 heavy (non-hydrogen) atoms. The van der Waals surface area contributed by atoms with Crippen molar-refractivity contribution in [2.24, 2.45) is 14.1 Å². The van der Waals surface area contributed by atoms with Crippen LogP contribution in [0.25, 0.3) is 16.9 Å². The van der Waals surface area contributed by atoms with Gasteiger partial charge in [0.25, 0.3) is 5.56 Å². The fraction of sp³-hybridized carbons (Fsp3) is 0.316. The maximum Gasteiger partial charge on any atom is 0.407 e. The number of carbonyl (C=O) groups is 2. The topological polar surface area (TPSA) is 123 Å². The highest BCUT2D eigenvalue weighted by Crippen LogP contribution is 2.27. The number of para-hydroxylation sites is 1. The van der Waals surface area contributed by atoms with Crippen LogP contribution in [0.2, 0.25) is 0 Å². The molecule has 3 heterocycles. The Morgan fingerprint density at radius 3 is 2.37 bits per heavy atom. The summed E-state index contributed by atoms with van der Waals surface area (Å²) in [6.07, 6.45) is -0.301. The van der Waals surface area contributed by atoms with Gasteiger partial charge in [-0.3, -0.25) is 23.3 Å². The fourth-order valence-electron chi connectivity index (χ4n) is 3.71. The molecule has 1 aromatic carbocycles. The normalized spacial score (nSPS) is 14.3. The Hall–Kier alpha value is -3.89. The number of carboxylic acid groups (broad SMARTS) is 1. The lowest BCUT2D eigenvalue weighted by molar-refractivity contribution is 0.112. The van der Waals surface area contributed by atoms with E-state index in [0.29, 0.717) is 36.6 Å². The number of anilines is 1. The Kier molecular flexibility index (Phi) is 4.65. The van der Waals surface area contributed by atoms with Crippen molar-refractivity contribution in [1.29, 1.82) is 0 Å². The molecule has 0 aliphatic carbocycles.